The lowest BCUT2D eigenvalue weighted by Gasteiger charge is -2.25. The van der Waals surface area contributed by atoms with E-state index in [1.54, 1.807) is 6.92 Å². The van der Waals surface area contributed by atoms with Crippen molar-refractivity contribution in [3.05, 3.63) is 0 Å². The standard InChI is InChI=1S/C8H14O4.C4H12N/c1-5(4-6(9)10)8(2,3)7(11)12;1-5(2,3)4/h5H,4H2,1-3H3,(H,9,10)(H,11,12);1-4H3/q;+1. The summed E-state index contributed by atoms with van der Waals surface area (Å²) in [5.74, 6) is -2.29. The van der Waals surface area contributed by atoms with Gasteiger partial charge in [-0.1, -0.05) is 6.92 Å². The van der Waals surface area contributed by atoms with Gasteiger partial charge in [-0.25, -0.2) is 0 Å². The maximum atomic E-state index is 10.7. The fraction of sp³-hybridized carbons (Fsp3) is 0.833. The van der Waals surface area contributed by atoms with Crippen LogP contribution in [0.5, 0.6) is 0 Å². The molecule has 0 fully saturated rings. The molecule has 0 aliphatic carbocycles. The van der Waals surface area contributed by atoms with E-state index in [1.165, 1.54) is 13.8 Å². The van der Waals surface area contributed by atoms with Gasteiger partial charge in [-0.2, -0.15) is 0 Å². The first-order chi connectivity index (χ1) is 7.28. The van der Waals surface area contributed by atoms with Crippen LogP contribution in [0.25, 0.3) is 0 Å². The summed E-state index contributed by atoms with van der Waals surface area (Å²) in [5.41, 5.74) is -0.974. The highest BCUT2D eigenvalue weighted by molar-refractivity contribution is 5.75. The minimum atomic E-state index is -0.974. The van der Waals surface area contributed by atoms with Crippen molar-refractivity contribution in [2.24, 2.45) is 11.3 Å². The molecule has 0 heterocycles. The molecule has 0 aromatic heterocycles. The van der Waals surface area contributed by atoms with Crippen molar-refractivity contribution in [3.63, 3.8) is 0 Å². The molecule has 0 spiro atoms. The van der Waals surface area contributed by atoms with Crippen molar-refractivity contribution in [2.75, 3.05) is 28.2 Å². The molecule has 1 atom stereocenters. The third-order valence-corrected chi connectivity index (χ3v) is 2.26. The molecule has 0 saturated carbocycles. The van der Waals surface area contributed by atoms with Crippen LogP contribution in [0.15, 0.2) is 0 Å². The Morgan fingerprint density at radius 3 is 1.59 bits per heavy atom. The van der Waals surface area contributed by atoms with Crippen molar-refractivity contribution in [2.45, 2.75) is 27.2 Å². The van der Waals surface area contributed by atoms with Gasteiger partial charge in [0.15, 0.2) is 0 Å². The Morgan fingerprint density at radius 2 is 1.41 bits per heavy atom. The average Bonchev–Trinajstić information content (AvgIpc) is 1.98. The second kappa shape index (κ2) is 6.59. The van der Waals surface area contributed by atoms with E-state index in [4.69, 9.17) is 10.2 Å². The first-order valence-corrected chi connectivity index (χ1v) is 5.52. The number of nitrogens with zero attached hydrogens (tertiary/aromatic N) is 1. The predicted octanol–water partition coefficient (Wildman–Crippen LogP) is 1.53. The number of carboxylic acid groups (broad SMARTS) is 2. The minimum Gasteiger partial charge on any atom is -0.481 e. The largest absolute Gasteiger partial charge is 0.481 e. The average molecular weight is 248 g/mol. The van der Waals surface area contributed by atoms with Crippen LogP contribution in [0, 0.1) is 11.3 Å². The Kier molecular flexibility index (Phi) is 7.08. The van der Waals surface area contributed by atoms with E-state index in [-0.39, 0.29) is 12.3 Å². The van der Waals surface area contributed by atoms with Crippen LogP contribution in [0.2, 0.25) is 0 Å². The van der Waals surface area contributed by atoms with Crippen LogP contribution in [-0.4, -0.2) is 54.8 Å². The van der Waals surface area contributed by atoms with Gasteiger partial charge in [0.1, 0.15) is 0 Å². The van der Waals surface area contributed by atoms with Crippen molar-refractivity contribution in [1.82, 2.24) is 0 Å². The lowest BCUT2D eigenvalue weighted by atomic mass is 9.78. The van der Waals surface area contributed by atoms with Gasteiger partial charge in [-0.3, -0.25) is 9.59 Å². The Balaban J connectivity index is 0. The molecule has 5 nitrogen and oxygen atoms in total. The molecule has 5 heteroatoms. The first kappa shape index (κ1) is 18.3. The smallest absolute Gasteiger partial charge is 0.309 e. The summed E-state index contributed by atoms with van der Waals surface area (Å²) in [5, 5.41) is 17.2. The summed E-state index contributed by atoms with van der Waals surface area (Å²) in [6, 6.07) is 0. The van der Waals surface area contributed by atoms with E-state index >= 15 is 0 Å². The molecule has 1 unspecified atom stereocenters. The molecule has 17 heavy (non-hydrogen) atoms. The molecule has 0 amide bonds. The molecule has 0 radical (unpaired) electrons. The van der Waals surface area contributed by atoms with E-state index < -0.39 is 17.4 Å². The molecule has 0 aromatic carbocycles. The maximum Gasteiger partial charge on any atom is 0.309 e. The van der Waals surface area contributed by atoms with Crippen molar-refractivity contribution in [3.8, 4) is 0 Å². The number of hydrogen-bond acceptors (Lipinski definition) is 2. The summed E-state index contributed by atoms with van der Waals surface area (Å²) in [7, 11) is 8.50. The normalized spacial score (nSPS) is 13.4. The molecule has 0 aliphatic rings. The lowest BCUT2D eigenvalue weighted by Crippen LogP contribution is -2.32. The molecule has 0 saturated heterocycles. The highest BCUT2D eigenvalue weighted by Gasteiger charge is 2.34. The molecule has 102 valence electrons. The van der Waals surface area contributed by atoms with Crippen LogP contribution in [0.1, 0.15) is 27.2 Å². The Morgan fingerprint density at radius 1 is 1.12 bits per heavy atom. The van der Waals surface area contributed by atoms with Crippen molar-refractivity contribution < 1.29 is 24.3 Å². The first-order valence-electron chi connectivity index (χ1n) is 5.52. The number of carboxylic acids is 2. The highest BCUT2D eigenvalue weighted by atomic mass is 16.4. The monoisotopic (exact) mass is 248 g/mol. The lowest BCUT2D eigenvalue weighted by molar-refractivity contribution is -0.849. The van der Waals surface area contributed by atoms with Gasteiger partial charge >= 0.3 is 11.9 Å². The minimum absolute atomic E-state index is 0.112. The molecule has 2 N–H and O–H groups in total. The number of carbonyl (C=O) groups is 2. The van der Waals surface area contributed by atoms with Crippen molar-refractivity contribution >= 4 is 11.9 Å². The van der Waals surface area contributed by atoms with E-state index in [0.29, 0.717) is 0 Å². The zero-order chi connectivity index (χ0) is 14.4. The Hall–Kier alpha value is -1.10. The van der Waals surface area contributed by atoms with Gasteiger partial charge in [-0.15, -0.1) is 0 Å². The van der Waals surface area contributed by atoms with Crippen LogP contribution >= 0.6 is 0 Å². The number of rotatable bonds is 4. The van der Waals surface area contributed by atoms with E-state index in [9.17, 15) is 9.59 Å². The van der Waals surface area contributed by atoms with Gasteiger partial charge in [0, 0.05) is 6.42 Å². The predicted molar refractivity (Wildman–Crippen MR) is 66.8 cm³/mol. The van der Waals surface area contributed by atoms with E-state index in [1.807, 2.05) is 0 Å². The van der Waals surface area contributed by atoms with Gasteiger partial charge in [-0.05, 0) is 19.8 Å². The zero-order valence-corrected chi connectivity index (χ0v) is 11.9. The fourth-order valence-corrected chi connectivity index (χ4v) is 0.728. The molecule has 0 aromatic rings. The van der Waals surface area contributed by atoms with Crippen LogP contribution in [-0.2, 0) is 9.59 Å². The SMILES string of the molecule is CC(CC(=O)O)C(C)(C)C(=O)O.C[N+](C)(C)C. The molecular formula is C12H26NO4+. The topological polar surface area (TPSA) is 74.6 Å². The van der Waals surface area contributed by atoms with Gasteiger partial charge < -0.3 is 14.7 Å². The fourth-order valence-electron chi connectivity index (χ4n) is 0.728. The Bertz CT molecular complexity index is 260. The third kappa shape index (κ3) is 11.2. The summed E-state index contributed by atoms with van der Waals surface area (Å²) in [6.07, 6.45) is -0.112. The molecular weight excluding hydrogens is 222 g/mol. The van der Waals surface area contributed by atoms with E-state index in [0.717, 1.165) is 4.48 Å². The zero-order valence-electron chi connectivity index (χ0n) is 11.9. The quantitative estimate of drug-likeness (QED) is 0.740. The van der Waals surface area contributed by atoms with Gasteiger partial charge in [0.2, 0.25) is 0 Å². The molecule has 0 bridgehead atoms. The molecule has 0 rings (SSSR count). The number of aliphatic carboxylic acids is 2. The highest BCUT2D eigenvalue weighted by Crippen LogP contribution is 2.29. The third-order valence-electron chi connectivity index (χ3n) is 2.26. The second-order valence-electron chi connectivity index (χ2n) is 6.21. The summed E-state index contributed by atoms with van der Waals surface area (Å²) in [6.45, 7) is 4.69. The summed E-state index contributed by atoms with van der Waals surface area (Å²) in [4.78, 5) is 20.9. The van der Waals surface area contributed by atoms with E-state index in [2.05, 4.69) is 28.2 Å². The van der Waals surface area contributed by atoms with Crippen LogP contribution in [0.3, 0.4) is 0 Å². The number of quaternary nitrogens is 1. The van der Waals surface area contributed by atoms with Gasteiger partial charge in [0.05, 0.1) is 33.6 Å². The molecule has 0 aliphatic heterocycles. The number of hydrogen-bond donors (Lipinski definition) is 2. The van der Waals surface area contributed by atoms with Crippen molar-refractivity contribution in [1.29, 1.82) is 0 Å². The summed E-state index contributed by atoms with van der Waals surface area (Å²) >= 11 is 0. The second-order valence-corrected chi connectivity index (χ2v) is 6.21. The van der Waals surface area contributed by atoms with Crippen LogP contribution in [0.4, 0.5) is 0 Å². The summed E-state index contributed by atoms with van der Waals surface area (Å²) < 4.78 is 1.00. The van der Waals surface area contributed by atoms with Crippen LogP contribution < -0.4 is 0 Å². The van der Waals surface area contributed by atoms with Gasteiger partial charge in [0.25, 0.3) is 0 Å². The maximum absolute atomic E-state index is 10.7. The Labute approximate surface area is 104 Å².